The molecule has 0 aliphatic rings. The largest absolute Gasteiger partial charge is 0.398 e. The number of nitrogens with one attached hydrogen (secondary N) is 1. The van der Waals surface area contributed by atoms with Gasteiger partial charge in [-0.15, -0.1) is 0 Å². The summed E-state index contributed by atoms with van der Waals surface area (Å²) < 4.78 is 27.4. The lowest BCUT2D eigenvalue weighted by atomic mass is 10.3. The van der Waals surface area contributed by atoms with E-state index in [1.165, 1.54) is 24.4 Å². The minimum Gasteiger partial charge on any atom is -0.398 e. The van der Waals surface area contributed by atoms with E-state index in [2.05, 4.69) is 25.6 Å². The highest BCUT2D eigenvalue weighted by Gasteiger charge is 2.20. The Labute approximate surface area is 134 Å². The van der Waals surface area contributed by atoms with Crippen molar-refractivity contribution >= 4 is 60.5 Å². The lowest BCUT2D eigenvalue weighted by Gasteiger charge is -2.12. The Morgan fingerprint density at radius 3 is 2.40 bits per heavy atom. The highest BCUT2D eigenvalue weighted by Crippen LogP contribution is 2.35. The van der Waals surface area contributed by atoms with E-state index in [-0.39, 0.29) is 26.3 Å². The molecule has 5 nitrogen and oxygen atoms in total. The lowest BCUT2D eigenvalue weighted by molar-refractivity contribution is 0.601. The molecule has 20 heavy (non-hydrogen) atoms. The molecule has 0 amide bonds. The molecule has 0 saturated carbocycles. The second-order valence-corrected chi connectivity index (χ2v) is 7.14. The number of benzene rings is 1. The van der Waals surface area contributed by atoms with E-state index in [1.807, 2.05) is 0 Å². The molecule has 2 rings (SSSR count). The fourth-order valence-electron chi connectivity index (χ4n) is 1.44. The Balaban J connectivity index is 2.47. The molecular weight excluding hydrogens is 389 g/mol. The number of hydrogen-bond donors (Lipinski definition) is 2. The van der Waals surface area contributed by atoms with Crippen LogP contribution < -0.4 is 10.5 Å². The van der Waals surface area contributed by atoms with Crippen molar-refractivity contribution in [3.8, 4) is 0 Å². The standard InChI is InChI=1S/C11H8BrCl2N3O2S/c12-6-3-7(13)11(8(14)4-6)17-20(18,19)10-5-16-2-1-9(10)15/h1-5,17H,(H2,15,16). The first-order valence-electron chi connectivity index (χ1n) is 5.18. The van der Waals surface area contributed by atoms with Crippen LogP contribution in [-0.4, -0.2) is 13.4 Å². The molecule has 1 aromatic carbocycles. The van der Waals surface area contributed by atoms with Crippen LogP contribution in [0.1, 0.15) is 0 Å². The molecule has 1 aromatic heterocycles. The molecule has 1 heterocycles. The highest BCUT2D eigenvalue weighted by molar-refractivity contribution is 9.10. The summed E-state index contributed by atoms with van der Waals surface area (Å²) in [7, 11) is -3.92. The predicted octanol–water partition coefficient (Wildman–Crippen LogP) is 3.53. The van der Waals surface area contributed by atoms with Crippen LogP contribution in [0.3, 0.4) is 0 Å². The maximum Gasteiger partial charge on any atom is 0.265 e. The first-order valence-corrected chi connectivity index (χ1v) is 8.21. The molecule has 0 aliphatic carbocycles. The molecule has 0 aliphatic heterocycles. The molecule has 0 fully saturated rings. The van der Waals surface area contributed by atoms with Gasteiger partial charge in [-0.3, -0.25) is 9.71 Å². The number of pyridine rings is 1. The van der Waals surface area contributed by atoms with Gasteiger partial charge < -0.3 is 5.73 Å². The lowest BCUT2D eigenvalue weighted by Crippen LogP contribution is -2.15. The predicted molar refractivity (Wildman–Crippen MR) is 83.6 cm³/mol. The Kier molecular flexibility index (Phi) is 4.43. The van der Waals surface area contributed by atoms with E-state index in [4.69, 9.17) is 28.9 Å². The zero-order valence-corrected chi connectivity index (χ0v) is 13.7. The van der Waals surface area contributed by atoms with Gasteiger partial charge in [0.15, 0.2) is 0 Å². The van der Waals surface area contributed by atoms with Crippen LogP contribution in [0.25, 0.3) is 0 Å². The Bertz CT molecular complexity index is 745. The Morgan fingerprint density at radius 2 is 1.85 bits per heavy atom. The van der Waals surface area contributed by atoms with Crippen LogP contribution in [-0.2, 0) is 10.0 Å². The molecule has 9 heteroatoms. The molecule has 0 radical (unpaired) electrons. The van der Waals surface area contributed by atoms with Crippen molar-refractivity contribution in [2.45, 2.75) is 4.90 Å². The molecule has 2 aromatic rings. The van der Waals surface area contributed by atoms with Gasteiger partial charge in [0.2, 0.25) is 0 Å². The van der Waals surface area contributed by atoms with Gasteiger partial charge in [0.1, 0.15) is 4.90 Å². The van der Waals surface area contributed by atoms with Gasteiger partial charge in [-0.25, -0.2) is 8.42 Å². The van der Waals surface area contributed by atoms with Gasteiger partial charge in [-0.1, -0.05) is 39.1 Å². The zero-order valence-electron chi connectivity index (χ0n) is 9.77. The normalized spacial score (nSPS) is 11.3. The van der Waals surface area contributed by atoms with Gasteiger partial charge >= 0.3 is 0 Å². The van der Waals surface area contributed by atoms with Crippen molar-refractivity contribution in [2.24, 2.45) is 0 Å². The van der Waals surface area contributed by atoms with Gasteiger partial charge in [-0.05, 0) is 18.2 Å². The fraction of sp³-hybridized carbons (Fsp3) is 0. The SMILES string of the molecule is Nc1ccncc1S(=O)(=O)Nc1c(Cl)cc(Br)cc1Cl. The van der Waals surface area contributed by atoms with Crippen LogP contribution in [0.5, 0.6) is 0 Å². The molecular formula is C11H8BrCl2N3O2S. The number of rotatable bonds is 3. The number of sulfonamides is 1. The minimum absolute atomic E-state index is 0.0804. The van der Waals surface area contributed by atoms with E-state index >= 15 is 0 Å². The molecule has 3 N–H and O–H groups in total. The Morgan fingerprint density at radius 1 is 1.25 bits per heavy atom. The third-order valence-electron chi connectivity index (χ3n) is 2.35. The molecule has 106 valence electrons. The quantitative estimate of drug-likeness (QED) is 0.830. The third-order valence-corrected chi connectivity index (χ3v) is 4.80. The summed E-state index contributed by atoms with van der Waals surface area (Å²) in [4.78, 5) is 3.60. The van der Waals surface area contributed by atoms with Gasteiger partial charge in [0, 0.05) is 16.9 Å². The maximum atomic E-state index is 12.3. The summed E-state index contributed by atoms with van der Waals surface area (Å²) in [6.07, 6.45) is 2.55. The van der Waals surface area contributed by atoms with E-state index in [1.54, 1.807) is 0 Å². The van der Waals surface area contributed by atoms with E-state index < -0.39 is 10.0 Å². The smallest absolute Gasteiger partial charge is 0.265 e. The van der Waals surface area contributed by atoms with Crippen molar-refractivity contribution in [1.29, 1.82) is 0 Å². The zero-order chi connectivity index (χ0) is 14.9. The minimum atomic E-state index is -3.92. The van der Waals surface area contributed by atoms with E-state index in [9.17, 15) is 8.42 Å². The number of halogens is 3. The van der Waals surface area contributed by atoms with Crippen LogP contribution in [0.4, 0.5) is 11.4 Å². The molecule has 0 bridgehead atoms. The average Bonchev–Trinajstić information content (AvgIpc) is 2.34. The van der Waals surface area contributed by atoms with Crippen LogP contribution in [0.2, 0.25) is 10.0 Å². The van der Waals surface area contributed by atoms with Crippen molar-refractivity contribution in [2.75, 3.05) is 10.5 Å². The van der Waals surface area contributed by atoms with E-state index in [0.29, 0.717) is 4.47 Å². The summed E-state index contributed by atoms with van der Waals surface area (Å²) >= 11 is 15.2. The monoisotopic (exact) mass is 395 g/mol. The van der Waals surface area contributed by atoms with E-state index in [0.717, 1.165) is 6.20 Å². The van der Waals surface area contributed by atoms with Crippen molar-refractivity contribution in [3.63, 3.8) is 0 Å². The maximum absolute atomic E-state index is 12.3. The molecule has 0 unspecified atom stereocenters. The van der Waals surface area contributed by atoms with Crippen LogP contribution >= 0.6 is 39.1 Å². The van der Waals surface area contributed by atoms with Gasteiger partial charge in [0.05, 0.1) is 21.4 Å². The topological polar surface area (TPSA) is 85.1 Å². The first-order chi connectivity index (χ1) is 9.31. The number of nitrogens with two attached hydrogens (primary N) is 1. The summed E-state index contributed by atoms with van der Waals surface area (Å²) in [5.74, 6) is 0. The van der Waals surface area contributed by atoms with Gasteiger partial charge in [0.25, 0.3) is 10.0 Å². The van der Waals surface area contributed by atoms with Gasteiger partial charge in [-0.2, -0.15) is 0 Å². The van der Waals surface area contributed by atoms with Crippen LogP contribution in [0, 0.1) is 0 Å². The molecule has 0 saturated heterocycles. The average molecular weight is 397 g/mol. The number of anilines is 2. The second kappa shape index (κ2) is 5.77. The van der Waals surface area contributed by atoms with Crippen molar-refractivity contribution in [1.82, 2.24) is 4.98 Å². The number of hydrogen-bond acceptors (Lipinski definition) is 4. The summed E-state index contributed by atoms with van der Waals surface area (Å²) in [5.41, 5.74) is 5.79. The van der Waals surface area contributed by atoms with Crippen LogP contribution in [0.15, 0.2) is 40.0 Å². The number of nitrogens with zero attached hydrogens (tertiary/aromatic N) is 1. The molecule has 0 atom stereocenters. The van der Waals surface area contributed by atoms with Crippen molar-refractivity contribution in [3.05, 3.63) is 45.1 Å². The third kappa shape index (κ3) is 3.17. The number of aromatic nitrogens is 1. The highest BCUT2D eigenvalue weighted by atomic mass is 79.9. The fourth-order valence-corrected chi connectivity index (χ4v) is 4.04. The summed E-state index contributed by atoms with van der Waals surface area (Å²) in [5, 5.41) is 0.325. The second-order valence-electron chi connectivity index (χ2n) is 3.76. The van der Waals surface area contributed by atoms with Crippen molar-refractivity contribution < 1.29 is 8.42 Å². The Hall–Kier alpha value is -1.02. The first kappa shape index (κ1) is 15.4. The number of nitrogen functional groups attached to an aromatic ring is 1. The molecule has 0 spiro atoms. The summed E-state index contributed by atoms with van der Waals surface area (Å²) in [6.45, 7) is 0. The summed E-state index contributed by atoms with van der Waals surface area (Å²) in [6, 6.07) is 4.44.